The van der Waals surface area contributed by atoms with Crippen LogP contribution >= 0.6 is 11.3 Å². The second kappa shape index (κ2) is 8.83. The third kappa shape index (κ3) is 4.36. The van der Waals surface area contributed by atoms with Gasteiger partial charge in [0.1, 0.15) is 0 Å². The van der Waals surface area contributed by atoms with Crippen molar-refractivity contribution in [3.8, 4) is 5.88 Å². The summed E-state index contributed by atoms with van der Waals surface area (Å²) < 4.78 is 5.81. The highest BCUT2D eigenvalue weighted by atomic mass is 32.1. The minimum Gasteiger partial charge on any atom is -0.481 e. The summed E-state index contributed by atoms with van der Waals surface area (Å²) in [7, 11) is 1.56. The van der Waals surface area contributed by atoms with E-state index < -0.39 is 0 Å². The van der Waals surface area contributed by atoms with E-state index in [1.165, 1.54) is 11.3 Å². The molecular weight excluding hydrogens is 400 g/mol. The number of carbonyl (C=O) groups is 1. The standard InChI is InChI=1S/C21H20N6O2S/c1-13(15-5-8-22-9-6-15)25-21-26-16-7-10-30-19(16)18(27-21)20(28)24-12-14-3-4-17(29-2)23-11-14/h3-11,13H,12H2,1-2H3,(H,24,28)(H,25,26,27)/t13-/m0/s1. The molecule has 4 rings (SSSR count). The topological polar surface area (TPSA) is 102 Å². The molecular formula is C21H20N6O2S. The second-order valence-electron chi connectivity index (χ2n) is 6.57. The van der Waals surface area contributed by atoms with Gasteiger partial charge < -0.3 is 15.4 Å². The van der Waals surface area contributed by atoms with Crippen molar-refractivity contribution in [1.82, 2.24) is 25.3 Å². The number of hydrogen-bond acceptors (Lipinski definition) is 8. The lowest BCUT2D eigenvalue weighted by Crippen LogP contribution is -2.24. The zero-order valence-electron chi connectivity index (χ0n) is 16.5. The van der Waals surface area contributed by atoms with Gasteiger partial charge in [0.25, 0.3) is 5.91 Å². The van der Waals surface area contributed by atoms with Crippen LogP contribution in [0.1, 0.15) is 34.6 Å². The summed E-state index contributed by atoms with van der Waals surface area (Å²) in [4.78, 5) is 30.1. The summed E-state index contributed by atoms with van der Waals surface area (Å²) >= 11 is 1.44. The minimum atomic E-state index is -0.264. The molecule has 8 nitrogen and oxygen atoms in total. The molecule has 0 saturated carbocycles. The second-order valence-corrected chi connectivity index (χ2v) is 7.48. The molecule has 0 aromatic carbocycles. The average Bonchev–Trinajstić information content (AvgIpc) is 3.26. The predicted octanol–water partition coefficient (Wildman–Crippen LogP) is 3.59. The molecule has 152 valence electrons. The number of ether oxygens (including phenoxy) is 1. The van der Waals surface area contributed by atoms with E-state index in [0.29, 0.717) is 24.1 Å². The van der Waals surface area contributed by atoms with Crippen LogP contribution < -0.4 is 15.4 Å². The molecule has 1 atom stereocenters. The molecule has 0 radical (unpaired) electrons. The van der Waals surface area contributed by atoms with E-state index in [4.69, 9.17) is 4.74 Å². The van der Waals surface area contributed by atoms with Crippen LogP contribution in [0.15, 0.2) is 54.3 Å². The molecule has 4 heterocycles. The van der Waals surface area contributed by atoms with Gasteiger partial charge in [-0.05, 0) is 41.6 Å². The highest BCUT2D eigenvalue weighted by molar-refractivity contribution is 7.17. The summed E-state index contributed by atoms with van der Waals surface area (Å²) in [6.45, 7) is 2.34. The number of amides is 1. The molecule has 0 spiro atoms. The SMILES string of the molecule is COc1ccc(CNC(=O)c2nc(N[C@@H](C)c3ccncc3)nc3ccsc23)cn1. The monoisotopic (exact) mass is 420 g/mol. The van der Waals surface area contributed by atoms with Gasteiger partial charge >= 0.3 is 0 Å². The van der Waals surface area contributed by atoms with E-state index in [0.717, 1.165) is 21.3 Å². The van der Waals surface area contributed by atoms with Crippen molar-refractivity contribution >= 4 is 33.4 Å². The zero-order chi connectivity index (χ0) is 20.9. The van der Waals surface area contributed by atoms with Gasteiger partial charge in [-0.15, -0.1) is 11.3 Å². The fraction of sp³-hybridized carbons (Fsp3) is 0.190. The van der Waals surface area contributed by atoms with Crippen molar-refractivity contribution in [3.05, 3.63) is 71.1 Å². The van der Waals surface area contributed by atoms with Crippen LogP contribution in [0.2, 0.25) is 0 Å². The van der Waals surface area contributed by atoms with Gasteiger partial charge in [-0.3, -0.25) is 9.78 Å². The number of hydrogen-bond donors (Lipinski definition) is 2. The first kappa shape index (κ1) is 19.7. The Kier molecular flexibility index (Phi) is 5.80. The maximum Gasteiger partial charge on any atom is 0.271 e. The largest absolute Gasteiger partial charge is 0.481 e. The number of carbonyl (C=O) groups excluding carboxylic acids is 1. The lowest BCUT2D eigenvalue weighted by atomic mass is 10.1. The first-order valence-electron chi connectivity index (χ1n) is 9.33. The van der Waals surface area contributed by atoms with E-state index >= 15 is 0 Å². The van der Waals surface area contributed by atoms with Crippen LogP contribution in [0.4, 0.5) is 5.95 Å². The van der Waals surface area contributed by atoms with Crippen LogP contribution in [0, 0.1) is 0 Å². The Hall–Kier alpha value is -3.59. The molecule has 0 aliphatic carbocycles. The van der Waals surface area contributed by atoms with Crippen molar-refractivity contribution in [1.29, 1.82) is 0 Å². The Morgan fingerprint density at radius 3 is 2.73 bits per heavy atom. The number of fused-ring (bicyclic) bond motifs is 1. The van der Waals surface area contributed by atoms with Crippen LogP contribution in [0.25, 0.3) is 10.2 Å². The van der Waals surface area contributed by atoms with Crippen molar-refractivity contribution in [2.45, 2.75) is 19.5 Å². The molecule has 0 unspecified atom stereocenters. The Bertz CT molecular complexity index is 1150. The molecule has 9 heteroatoms. The van der Waals surface area contributed by atoms with Gasteiger partial charge in [0, 0.05) is 31.2 Å². The van der Waals surface area contributed by atoms with Gasteiger partial charge in [-0.1, -0.05) is 6.07 Å². The molecule has 4 aromatic rings. The molecule has 0 aliphatic rings. The normalized spacial score (nSPS) is 11.8. The number of anilines is 1. The number of thiophene rings is 1. The first-order chi connectivity index (χ1) is 14.6. The van der Waals surface area contributed by atoms with Crippen LogP contribution in [-0.2, 0) is 6.54 Å². The summed E-state index contributed by atoms with van der Waals surface area (Å²) in [5.74, 6) is 0.668. The Balaban J connectivity index is 1.53. The molecule has 0 bridgehead atoms. The third-order valence-corrected chi connectivity index (χ3v) is 5.44. The maximum atomic E-state index is 12.9. The van der Waals surface area contributed by atoms with Crippen LogP contribution in [-0.4, -0.2) is 33.0 Å². The average molecular weight is 420 g/mol. The molecule has 30 heavy (non-hydrogen) atoms. The number of methoxy groups -OCH3 is 1. The van der Waals surface area contributed by atoms with Gasteiger partial charge in [0.2, 0.25) is 11.8 Å². The van der Waals surface area contributed by atoms with Gasteiger partial charge in [-0.2, -0.15) is 0 Å². The van der Waals surface area contributed by atoms with Crippen molar-refractivity contribution in [2.75, 3.05) is 12.4 Å². The number of pyridine rings is 2. The molecule has 1 amide bonds. The Labute approximate surface area is 177 Å². The van der Waals surface area contributed by atoms with E-state index in [-0.39, 0.29) is 11.9 Å². The van der Waals surface area contributed by atoms with E-state index in [1.807, 2.05) is 36.6 Å². The summed E-state index contributed by atoms with van der Waals surface area (Å²) in [6.07, 6.45) is 5.15. The molecule has 4 aromatic heterocycles. The van der Waals surface area contributed by atoms with Crippen molar-refractivity contribution in [3.63, 3.8) is 0 Å². The molecule has 0 aliphatic heterocycles. The zero-order valence-corrected chi connectivity index (χ0v) is 17.3. The minimum absolute atomic E-state index is 0.0367. The lowest BCUT2D eigenvalue weighted by Gasteiger charge is -2.15. The molecule has 0 fully saturated rings. The summed E-state index contributed by atoms with van der Waals surface area (Å²) in [5, 5.41) is 8.08. The molecule has 2 N–H and O–H groups in total. The van der Waals surface area contributed by atoms with E-state index in [2.05, 4.69) is 30.6 Å². The number of rotatable bonds is 7. The van der Waals surface area contributed by atoms with Crippen molar-refractivity contribution < 1.29 is 9.53 Å². The molecule has 0 saturated heterocycles. The predicted molar refractivity (Wildman–Crippen MR) is 116 cm³/mol. The maximum absolute atomic E-state index is 12.9. The van der Waals surface area contributed by atoms with Crippen LogP contribution in [0.5, 0.6) is 5.88 Å². The highest BCUT2D eigenvalue weighted by Gasteiger charge is 2.17. The van der Waals surface area contributed by atoms with Gasteiger partial charge in [-0.25, -0.2) is 15.0 Å². The quantitative estimate of drug-likeness (QED) is 0.471. The van der Waals surface area contributed by atoms with E-state index in [9.17, 15) is 4.79 Å². The lowest BCUT2D eigenvalue weighted by molar-refractivity contribution is 0.0948. The summed E-state index contributed by atoms with van der Waals surface area (Å²) in [6, 6.07) is 9.32. The van der Waals surface area contributed by atoms with Crippen LogP contribution in [0.3, 0.4) is 0 Å². The fourth-order valence-corrected chi connectivity index (χ4v) is 3.73. The Morgan fingerprint density at radius 2 is 2.00 bits per heavy atom. The third-order valence-electron chi connectivity index (χ3n) is 4.53. The number of nitrogens with one attached hydrogen (secondary N) is 2. The van der Waals surface area contributed by atoms with Gasteiger partial charge in [0.05, 0.1) is 23.4 Å². The highest BCUT2D eigenvalue weighted by Crippen LogP contribution is 2.25. The van der Waals surface area contributed by atoms with E-state index in [1.54, 1.807) is 31.8 Å². The first-order valence-corrected chi connectivity index (χ1v) is 10.2. The summed E-state index contributed by atoms with van der Waals surface area (Å²) in [5.41, 5.74) is 3.00. The smallest absolute Gasteiger partial charge is 0.271 e. The fourth-order valence-electron chi connectivity index (χ4n) is 2.91. The Morgan fingerprint density at radius 1 is 1.17 bits per heavy atom. The van der Waals surface area contributed by atoms with Crippen molar-refractivity contribution in [2.24, 2.45) is 0 Å². The van der Waals surface area contributed by atoms with Gasteiger partial charge in [0.15, 0.2) is 5.69 Å². The number of nitrogens with zero attached hydrogens (tertiary/aromatic N) is 4. The number of aromatic nitrogens is 4.